The molecule has 1 amide bonds. The van der Waals surface area contributed by atoms with Gasteiger partial charge in [-0.25, -0.2) is 14.5 Å². The summed E-state index contributed by atoms with van der Waals surface area (Å²) in [7, 11) is 0. The van der Waals surface area contributed by atoms with Gasteiger partial charge in [0.2, 0.25) is 5.91 Å². The van der Waals surface area contributed by atoms with Gasteiger partial charge in [-0.3, -0.25) is 4.79 Å². The number of anilines is 1. The van der Waals surface area contributed by atoms with Crippen molar-refractivity contribution in [3.63, 3.8) is 0 Å². The lowest BCUT2D eigenvalue weighted by Gasteiger charge is -2.19. The number of ether oxygens (including phenoxy) is 1. The summed E-state index contributed by atoms with van der Waals surface area (Å²) >= 11 is 1.19. The molecule has 35 heavy (non-hydrogen) atoms. The molecule has 0 aliphatic heterocycles. The second kappa shape index (κ2) is 10.7. The maximum atomic E-state index is 12.5. The third-order valence-corrected chi connectivity index (χ3v) is 6.29. The van der Waals surface area contributed by atoms with E-state index >= 15 is 0 Å². The van der Waals surface area contributed by atoms with Gasteiger partial charge in [0.05, 0.1) is 11.4 Å². The Balaban J connectivity index is 1.36. The van der Waals surface area contributed by atoms with E-state index < -0.39 is 0 Å². The second-order valence-electron chi connectivity index (χ2n) is 9.08. The molecule has 1 aromatic heterocycles. The number of amides is 1. The molecule has 0 spiro atoms. The normalized spacial score (nSPS) is 11.3. The van der Waals surface area contributed by atoms with Gasteiger partial charge in [0.15, 0.2) is 5.16 Å². The average Bonchev–Trinajstić information content (AvgIpc) is 3.22. The number of aromatic nitrogens is 3. The van der Waals surface area contributed by atoms with E-state index in [9.17, 15) is 9.59 Å². The first kappa shape index (κ1) is 24.3. The Bertz CT molecular complexity index is 1320. The second-order valence-corrected chi connectivity index (χ2v) is 10.0. The van der Waals surface area contributed by atoms with E-state index in [-0.39, 0.29) is 22.8 Å². The van der Waals surface area contributed by atoms with Crippen molar-refractivity contribution in [3.8, 4) is 11.4 Å². The van der Waals surface area contributed by atoms with Gasteiger partial charge in [0.1, 0.15) is 12.4 Å². The highest BCUT2D eigenvalue weighted by atomic mass is 32.2. The molecule has 8 heteroatoms. The molecule has 180 valence electrons. The minimum Gasteiger partial charge on any atom is -0.489 e. The van der Waals surface area contributed by atoms with Crippen LogP contribution < -0.4 is 15.7 Å². The number of hydrogen-bond acceptors (Lipinski definition) is 5. The lowest BCUT2D eigenvalue weighted by Crippen LogP contribution is -2.17. The lowest BCUT2D eigenvalue weighted by molar-refractivity contribution is -0.113. The van der Waals surface area contributed by atoms with Crippen LogP contribution >= 0.6 is 11.8 Å². The maximum Gasteiger partial charge on any atom is 0.348 e. The van der Waals surface area contributed by atoms with Crippen LogP contribution in [0.1, 0.15) is 31.9 Å². The largest absolute Gasteiger partial charge is 0.489 e. The monoisotopic (exact) mass is 488 g/mol. The van der Waals surface area contributed by atoms with Crippen molar-refractivity contribution in [2.75, 3.05) is 11.1 Å². The number of carbonyl (C=O) groups excluding carboxylic acids is 1. The summed E-state index contributed by atoms with van der Waals surface area (Å²) in [5.74, 6) is 0.634. The molecule has 3 aromatic carbocycles. The van der Waals surface area contributed by atoms with Gasteiger partial charge in [-0.2, -0.15) is 0 Å². The van der Waals surface area contributed by atoms with Gasteiger partial charge in [-0.1, -0.05) is 75.0 Å². The summed E-state index contributed by atoms with van der Waals surface area (Å²) in [5.41, 5.74) is 3.31. The summed E-state index contributed by atoms with van der Waals surface area (Å²) in [5, 5.41) is 9.85. The zero-order chi connectivity index (χ0) is 24.8. The van der Waals surface area contributed by atoms with Crippen molar-refractivity contribution < 1.29 is 9.53 Å². The molecule has 0 atom stereocenters. The highest BCUT2D eigenvalue weighted by Crippen LogP contribution is 2.24. The van der Waals surface area contributed by atoms with E-state index in [4.69, 9.17) is 4.74 Å². The number of nitrogens with one attached hydrogen (secondary N) is 2. The molecule has 2 N–H and O–H groups in total. The van der Waals surface area contributed by atoms with Crippen molar-refractivity contribution in [3.05, 3.63) is 100 Å². The molecule has 0 bridgehead atoms. The van der Waals surface area contributed by atoms with Crippen LogP contribution in [0.5, 0.6) is 5.75 Å². The Morgan fingerprint density at radius 1 is 1.00 bits per heavy atom. The van der Waals surface area contributed by atoms with Crippen molar-refractivity contribution in [2.45, 2.75) is 37.9 Å². The summed E-state index contributed by atoms with van der Waals surface area (Å²) in [6.45, 7) is 6.89. The highest BCUT2D eigenvalue weighted by molar-refractivity contribution is 7.99. The molecule has 4 rings (SSSR count). The van der Waals surface area contributed by atoms with E-state index in [0.717, 1.165) is 11.3 Å². The lowest BCUT2D eigenvalue weighted by atomic mass is 9.87. The number of rotatable bonds is 8. The molecule has 0 unspecified atom stereocenters. The Morgan fingerprint density at radius 3 is 2.34 bits per heavy atom. The molecule has 0 aliphatic rings. The van der Waals surface area contributed by atoms with Crippen molar-refractivity contribution in [1.82, 2.24) is 14.8 Å². The van der Waals surface area contributed by atoms with E-state index in [0.29, 0.717) is 23.2 Å². The minimum absolute atomic E-state index is 0.0498. The van der Waals surface area contributed by atoms with Gasteiger partial charge >= 0.3 is 5.69 Å². The van der Waals surface area contributed by atoms with Crippen LogP contribution in [0, 0.1) is 0 Å². The van der Waals surface area contributed by atoms with Crippen molar-refractivity contribution >= 4 is 23.4 Å². The topological polar surface area (TPSA) is 89.0 Å². The molecule has 0 saturated heterocycles. The molecule has 7 nitrogen and oxygen atoms in total. The summed E-state index contributed by atoms with van der Waals surface area (Å²) in [6.07, 6.45) is 0. The number of thioether (sulfide) groups is 1. The van der Waals surface area contributed by atoms with Gasteiger partial charge in [0, 0.05) is 5.69 Å². The van der Waals surface area contributed by atoms with Crippen LogP contribution in [0.15, 0.2) is 88.8 Å². The van der Waals surface area contributed by atoms with Crippen LogP contribution in [0.4, 0.5) is 5.69 Å². The molecular formula is C27H28N4O3S. The average molecular weight is 489 g/mol. The number of benzene rings is 3. The molecule has 0 radical (unpaired) electrons. The number of carbonyl (C=O) groups is 1. The fourth-order valence-electron chi connectivity index (χ4n) is 3.42. The Morgan fingerprint density at radius 2 is 1.69 bits per heavy atom. The molecule has 0 saturated carbocycles. The van der Waals surface area contributed by atoms with Gasteiger partial charge in [-0.05, 0) is 52.9 Å². The number of H-pyrrole nitrogens is 1. The van der Waals surface area contributed by atoms with E-state index in [1.807, 2.05) is 54.6 Å². The SMILES string of the molecule is CC(C)(C)c1ccc(NC(=O)CSc2n[nH]c(=O)n2-c2ccc(OCc3ccccc3)cc2)cc1. The number of hydrogen-bond donors (Lipinski definition) is 2. The van der Waals surface area contributed by atoms with Crippen LogP contribution in [-0.4, -0.2) is 26.4 Å². The maximum absolute atomic E-state index is 12.5. The van der Waals surface area contributed by atoms with Crippen molar-refractivity contribution in [2.24, 2.45) is 0 Å². The Kier molecular flexibility index (Phi) is 7.41. The summed E-state index contributed by atoms with van der Waals surface area (Å²) in [6, 6.07) is 24.9. The van der Waals surface area contributed by atoms with E-state index in [2.05, 4.69) is 36.3 Å². The third-order valence-electron chi connectivity index (χ3n) is 5.35. The zero-order valence-electron chi connectivity index (χ0n) is 19.9. The first-order chi connectivity index (χ1) is 16.8. The Hall–Kier alpha value is -3.78. The summed E-state index contributed by atoms with van der Waals surface area (Å²) in [4.78, 5) is 24.9. The van der Waals surface area contributed by atoms with Crippen LogP contribution in [-0.2, 0) is 16.8 Å². The fourth-order valence-corrected chi connectivity index (χ4v) is 4.18. The molecule has 0 fully saturated rings. The standard InChI is InChI=1S/C27H28N4O3S/c1-27(2,3)20-9-11-21(12-10-20)28-24(32)18-35-26-30-29-25(33)31(26)22-13-15-23(16-14-22)34-17-19-7-5-4-6-8-19/h4-16H,17-18H2,1-3H3,(H,28,32)(H,29,33). The van der Waals surface area contributed by atoms with Crippen molar-refractivity contribution in [1.29, 1.82) is 0 Å². The first-order valence-corrected chi connectivity index (χ1v) is 12.3. The highest BCUT2D eigenvalue weighted by Gasteiger charge is 2.15. The van der Waals surface area contributed by atoms with E-state index in [1.165, 1.54) is 21.9 Å². The minimum atomic E-state index is -0.372. The van der Waals surface area contributed by atoms with Crippen LogP contribution in [0.2, 0.25) is 0 Å². The zero-order valence-corrected chi connectivity index (χ0v) is 20.8. The molecule has 1 heterocycles. The number of nitrogens with zero attached hydrogens (tertiary/aromatic N) is 2. The summed E-state index contributed by atoms with van der Waals surface area (Å²) < 4.78 is 7.26. The van der Waals surface area contributed by atoms with Crippen LogP contribution in [0.3, 0.4) is 0 Å². The van der Waals surface area contributed by atoms with Crippen LogP contribution in [0.25, 0.3) is 5.69 Å². The molecular weight excluding hydrogens is 460 g/mol. The predicted molar refractivity (Wildman–Crippen MR) is 139 cm³/mol. The van der Waals surface area contributed by atoms with Gasteiger partial charge in [0.25, 0.3) is 0 Å². The van der Waals surface area contributed by atoms with Gasteiger partial charge < -0.3 is 10.1 Å². The first-order valence-electron chi connectivity index (χ1n) is 11.3. The third kappa shape index (κ3) is 6.42. The molecule has 0 aliphatic carbocycles. The van der Waals surface area contributed by atoms with E-state index in [1.54, 1.807) is 24.3 Å². The Labute approximate surface area is 208 Å². The molecule has 4 aromatic rings. The quantitative estimate of drug-likeness (QED) is 0.334. The fraction of sp³-hybridized carbons (Fsp3) is 0.222. The van der Waals surface area contributed by atoms with Gasteiger partial charge in [-0.15, -0.1) is 5.10 Å². The smallest absolute Gasteiger partial charge is 0.348 e. The number of aromatic amines is 1. The predicted octanol–water partition coefficient (Wildman–Crippen LogP) is 5.17.